The van der Waals surface area contributed by atoms with E-state index in [-0.39, 0.29) is 0 Å². The molecule has 0 aliphatic carbocycles. The number of rotatable bonds is 15. The van der Waals surface area contributed by atoms with Crippen molar-refractivity contribution in [3.63, 3.8) is 0 Å². The number of aryl methyl sites for hydroxylation is 1. The quantitative estimate of drug-likeness (QED) is 0.166. The van der Waals surface area contributed by atoms with E-state index in [0.717, 1.165) is 25.9 Å². The normalized spacial score (nSPS) is 12.2. The summed E-state index contributed by atoms with van der Waals surface area (Å²) in [5, 5.41) is 0. The van der Waals surface area contributed by atoms with Gasteiger partial charge in [0.05, 0.1) is 19.5 Å². The topological polar surface area (TPSA) is 8.81 Å². The molecule has 3 rings (SSSR count). The van der Waals surface area contributed by atoms with E-state index in [1.807, 2.05) is 0 Å². The predicted molar refractivity (Wildman–Crippen MR) is 141 cm³/mol. The van der Waals surface area contributed by atoms with Crippen LogP contribution in [0.25, 0.3) is 0 Å². The average molecular weight is 446 g/mol. The first-order chi connectivity index (χ1) is 16.2. The fourth-order valence-corrected chi connectivity index (χ4v) is 4.84. The maximum atomic E-state index is 2.68. The van der Waals surface area contributed by atoms with Gasteiger partial charge in [-0.2, -0.15) is 0 Å². The molecule has 1 heterocycles. The van der Waals surface area contributed by atoms with Crippen LogP contribution in [0.1, 0.15) is 101 Å². The average Bonchev–Trinajstić information content (AvgIpc) is 3.16. The van der Waals surface area contributed by atoms with Crippen LogP contribution < -0.4 is 4.57 Å². The van der Waals surface area contributed by atoms with E-state index in [2.05, 4.69) is 96.8 Å². The minimum absolute atomic E-state index is 0.522. The molecule has 0 saturated carbocycles. The van der Waals surface area contributed by atoms with Crippen molar-refractivity contribution < 1.29 is 4.57 Å². The minimum Gasteiger partial charge on any atom is -0.234 e. The van der Waals surface area contributed by atoms with Gasteiger partial charge >= 0.3 is 0 Å². The third kappa shape index (κ3) is 7.88. The Kier molecular flexibility index (Phi) is 10.7. The number of nitrogens with zero attached hydrogens (tertiary/aromatic N) is 2. The highest BCUT2D eigenvalue weighted by molar-refractivity contribution is 5.22. The lowest BCUT2D eigenvalue weighted by molar-refractivity contribution is -0.704. The van der Waals surface area contributed by atoms with Gasteiger partial charge in [0.1, 0.15) is 11.9 Å². The largest absolute Gasteiger partial charge is 0.261 e. The fourth-order valence-electron chi connectivity index (χ4n) is 4.84. The van der Waals surface area contributed by atoms with Crippen LogP contribution in [0, 0.1) is 0 Å². The molecule has 0 spiro atoms. The van der Waals surface area contributed by atoms with Crippen molar-refractivity contribution in [3.8, 4) is 0 Å². The Hall–Kier alpha value is -2.35. The lowest BCUT2D eigenvalue weighted by Crippen LogP contribution is -2.37. The molecule has 1 aromatic heterocycles. The summed E-state index contributed by atoms with van der Waals surface area (Å²) in [5.41, 5.74) is 4.35. The molecule has 0 amide bonds. The molecule has 3 aromatic rings. The maximum absolute atomic E-state index is 2.68. The maximum Gasteiger partial charge on any atom is 0.261 e. The van der Waals surface area contributed by atoms with Crippen LogP contribution in [0.4, 0.5) is 0 Å². The summed E-state index contributed by atoms with van der Waals surface area (Å²) >= 11 is 0. The van der Waals surface area contributed by atoms with Gasteiger partial charge in [0.2, 0.25) is 0 Å². The molecule has 0 aliphatic rings. The molecule has 0 bridgehead atoms. The summed E-state index contributed by atoms with van der Waals surface area (Å²) in [7, 11) is 0. The molecule has 0 fully saturated rings. The Morgan fingerprint density at radius 2 is 1.39 bits per heavy atom. The fraction of sp³-hybridized carbons (Fsp3) is 0.516. The lowest BCUT2D eigenvalue weighted by atomic mass is 9.96. The Morgan fingerprint density at radius 1 is 0.758 bits per heavy atom. The summed E-state index contributed by atoms with van der Waals surface area (Å²) < 4.78 is 5.25. The Morgan fingerprint density at radius 3 is 2.09 bits per heavy atom. The van der Waals surface area contributed by atoms with Gasteiger partial charge in [-0.15, -0.1) is 0 Å². The van der Waals surface area contributed by atoms with E-state index in [9.17, 15) is 0 Å². The van der Waals surface area contributed by atoms with E-state index in [1.165, 1.54) is 74.0 Å². The molecule has 178 valence electrons. The van der Waals surface area contributed by atoms with Gasteiger partial charge in [0.25, 0.3) is 5.82 Å². The van der Waals surface area contributed by atoms with Crippen LogP contribution in [-0.2, 0) is 25.9 Å². The molecule has 0 N–H and O–H groups in total. The zero-order valence-electron chi connectivity index (χ0n) is 21.3. The second kappa shape index (κ2) is 14.0. The van der Waals surface area contributed by atoms with Crippen molar-refractivity contribution in [2.75, 3.05) is 0 Å². The highest BCUT2D eigenvalue weighted by atomic mass is 15.2. The summed E-state index contributed by atoms with van der Waals surface area (Å²) in [6, 6.07) is 22.0. The smallest absolute Gasteiger partial charge is 0.234 e. The van der Waals surface area contributed by atoms with Crippen molar-refractivity contribution in [2.24, 2.45) is 0 Å². The number of hydrogen-bond donors (Lipinski definition) is 0. The van der Waals surface area contributed by atoms with Gasteiger partial charge in [-0.25, -0.2) is 9.13 Å². The van der Waals surface area contributed by atoms with E-state index in [0.29, 0.717) is 5.92 Å². The van der Waals surface area contributed by atoms with E-state index in [1.54, 1.807) is 0 Å². The van der Waals surface area contributed by atoms with Gasteiger partial charge in [0.15, 0.2) is 0 Å². The number of benzene rings is 2. The van der Waals surface area contributed by atoms with Gasteiger partial charge in [-0.3, -0.25) is 0 Å². The third-order valence-corrected chi connectivity index (χ3v) is 6.87. The van der Waals surface area contributed by atoms with Crippen molar-refractivity contribution in [1.82, 2.24) is 4.57 Å². The SMILES string of the molecule is CCCCCCCCn1c(CC(C)c2ccccc2)c[n+](CCCC)c1Cc1ccccc1. The summed E-state index contributed by atoms with van der Waals surface area (Å²) in [5.74, 6) is 2.01. The van der Waals surface area contributed by atoms with E-state index < -0.39 is 0 Å². The zero-order chi connectivity index (χ0) is 23.3. The van der Waals surface area contributed by atoms with Gasteiger partial charge in [-0.05, 0) is 36.3 Å². The second-order valence-electron chi connectivity index (χ2n) is 9.68. The molecular weight excluding hydrogens is 400 g/mol. The Bertz CT molecular complexity index is 911. The third-order valence-electron chi connectivity index (χ3n) is 6.87. The van der Waals surface area contributed by atoms with Crippen LogP contribution in [0.3, 0.4) is 0 Å². The molecule has 0 aliphatic heterocycles. The first-order valence-corrected chi connectivity index (χ1v) is 13.4. The predicted octanol–water partition coefficient (Wildman–Crippen LogP) is 7.87. The van der Waals surface area contributed by atoms with E-state index in [4.69, 9.17) is 0 Å². The molecule has 1 unspecified atom stereocenters. The van der Waals surface area contributed by atoms with Crippen LogP contribution in [-0.4, -0.2) is 4.57 Å². The molecule has 33 heavy (non-hydrogen) atoms. The van der Waals surface area contributed by atoms with Crippen molar-refractivity contribution in [2.45, 2.75) is 104 Å². The first kappa shape index (κ1) is 25.3. The number of imidazole rings is 1. The summed E-state index contributed by atoms with van der Waals surface area (Å²) in [6.45, 7) is 9.23. The van der Waals surface area contributed by atoms with Gasteiger partial charge in [0, 0.05) is 6.42 Å². The number of unbranched alkanes of at least 4 members (excludes halogenated alkanes) is 6. The molecular formula is C31H45N2+. The molecule has 2 aromatic carbocycles. The van der Waals surface area contributed by atoms with Crippen molar-refractivity contribution in [1.29, 1.82) is 0 Å². The molecule has 2 heteroatoms. The lowest BCUT2D eigenvalue weighted by Gasteiger charge is -2.12. The summed E-state index contributed by atoms with van der Waals surface area (Å²) in [6.07, 6.45) is 15.1. The molecule has 2 nitrogen and oxygen atoms in total. The minimum atomic E-state index is 0.522. The number of aromatic nitrogens is 2. The highest BCUT2D eigenvalue weighted by Gasteiger charge is 2.24. The van der Waals surface area contributed by atoms with Crippen LogP contribution in [0.15, 0.2) is 66.9 Å². The van der Waals surface area contributed by atoms with Crippen LogP contribution in [0.5, 0.6) is 0 Å². The Balaban J connectivity index is 1.86. The highest BCUT2D eigenvalue weighted by Crippen LogP contribution is 2.22. The number of hydrogen-bond acceptors (Lipinski definition) is 0. The van der Waals surface area contributed by atoms with Crippen LogP contribution >= 0.6 is 0 Å². The first-order valence-electron chi connectivity index (χ1n) is 13.4. The zero-order valence-corrected chi connectivity index (χ0v) is 21.3. The van der Waals surface area contributed by atoms with Crippen LogP contribution in [0.2, 0.25) is 0 Å². The Labute approximate surface area is 202 Å². The van der Waals surface area contributed by atoms with Gasteiger partial charge < -0.3 is 0 Å². The van der Waals surface area contributed by atoms with E-state index >= 15 is 0 Å². The van der Waals surface area contributed by atoms with Gasteiger partial charge in [-0.1, -0.05) is 114 Å². The second-order valence-corrected chi connectivity index (χ2v) is 9.68. The van der Waals surface area contributed by atoms with Crippen molar-refractivity contribution in [3.05, 3.63) is 89.5 Å². The van der Waals surface area contributed by atoms with Crippen molar-refractivity contribution >= 4 is 0 Å². The molecule has 0 saturated heterocycles. The monoisotopic (exact) mass is 445 g/mol. The molecule has 0 radical (unpaired) electrons. The standard InChI is InChI=1S/C31H45N2/c1-4-6-8-9-10-17-23-33-30(24-27(3)29-20-15-12-16-21-29)26-32(22-7-5-2)31(33)25-28-18-13-11-14-19-28/h11-16,18-21,26-27H,4-10,17,22-25H2,1-3H3/q+1. The summed E-state index contributed by atoms with van der Waals surface area (Å²) in [4.78, 5) is 0. The molecule has 1 atom stereocenters.